The van der Waals surface area contributed by atoms with Gasteiger partial charge in [-0.2, -0.15) is 0 Å². The quantitative estimate of drug-likeness (QED) is 0.204. The number of ether oxygens (including phenoxy) is 1. The first-order valence-corrected chi connectivity index (χ1v) is 18.7. The number of likely N-dealkylation sites (N-methyl/N-ethyl adjacent to an activating group) is 1. The molecule has 2 aliphatic rings. The van der Waals surface area contributed by atoms with E-state index < -0.39 is 8.07 Å². The van der Waals surface area contributed by atoms with Crippen LogP contribution < -0.4 is 15.3 Å². The first-order valence-electron chi connectivity index (χ1n) is 15.0. The van der Waals surface area contributed by atoms with E-state index in [1.807, 2.05) is 71.5 Å². The lowest BCUT2D eigenvalue weighted by molar-refractivity contribution is 0.0849. The normalized spacial score (nSPS) is 16.2. The summed E-state index contributed by atoms with van der Waals surface area (Å²) in [5, 5.41) is 23.0. The number of piperazine rings is 1. The summed E-state index contributed by atoms with van der Waals surface area (Å²) in [5.74, 6) is 1.23. The average Bonchev–Trinajstić information content (AvgIpc) is 3.52. The number of aromatic nitrogens is 2. The van der Waals surface area contributed by atoms with Crippen LogP contribution >= 0.6 is 0 Å². The van der Waals surface area contributed by atoms with E-state index in [4.69, 9.17) is 4.74 Å². The van der Waals surface area contributed by atoms with E-state index >= 15 is 0 Å². The number of rotatable bonds is 9. The lowest BCUT2D eigenvalue weighted by Crippen LogP contribution is -2.44. The zero-order valence-electron chi connectivity index (χ0n) is 25.5. The monoisotopic (exact) mass is 592 g/mol. The number of azo groups is 1. The SMILES string of the molecule is CN1CCN(c2ccc(/C=C/C3=c4ccc(=Cc5c(O)n(COCC[Si](C)(C)C)c6ccccc56)cc4N=N3)cn2)CC1. The second kappa shape index (κ2) is 12.3. The van der Waals surface area contributed by atoms with Crippen molar-refractivity contribution < 1.29 is 9.84 Å². The highest BCUT2D eigenvalue weighted by Crippen LogP contribution is 2.32. The summed E-state index contributed by atoms with van der Waals surface area (Å²) in [6.07, 6.45) is 7.94. The van der Waals surface area contributed by atoms with Crippen molar-refractivity contribution >= 4 is 48.3 Å². The fourth-order valence-corrected chi connectivity index (χ4v) is 6.16. The molecule has 0 aliphatic carbocycles. The largest absolute Gasteiger partial charge is 0.494 e. The fourth-order valence-electron chi connectivity index (χ4n) is 5.41. The third-order valence-electron chi connectivity index (χ3n) is 8.10. The molecular weight excluding hydrogens is 553 g/mol. The zero-order valence-corrected chi connectivity index (χ0v) is 26.5. The van der Waals surface area contributed by atoms with Crippen LogP contribution in [-0.4, -0.2) is 67.5 Å². The number of benzene rings is 2. The third-order valence-corrected chi connectivity index (χ3v) is 9.81. The van der Waals surface area contributed by atoms with Gasteiger partial charge in [-0.25, -0.2) is 4.98 Å². The van der Waals surface area contributed by atoms with E-state index in [0.29, 0.717) is 13.3 Å². The van der Waals surface area contributed by atoms with Gasteiger partial charge < -0.3 is 19.6 Å². The van der Waals surface area contributed by atoms with E-state index in [0.717, 1.165) is 81.9 Å². The van der Waals surface area contributed by atoms with Crippen LogP contribution in [0, 0.1) is 0 Å². The lowest BCUT2D eigenvalue weighted by atomic mass is 10.1. The van der Waals surface area contributed by atoms with Gasteiger partial charge in [0.15, 0.2) is 0 Å². The molecule has 1 saturated heterocycles. The van der Waals surface area contributed by atoms with E-state index in [-0.39, 0.29) is 5.88 Å². The second-order valence-corrected chi connectivity index (χ2v) is 18.2. The molecule has 2 aromatic carbocycles. The van der Waals surface area contributed by atoms with E-state index in [1.54, 1.807) is 0 Å². The van der Waals surface area contributed by atoms with Crippen LogP contribution in [-0.2, 0) is 11.5 Å². The molecule has 0 bridgehead atoms. The lowest BCUT2D eigenvalue weighted by Gasteiger charge is -2.33. The van der Waals surface area contributed by atoms with Crippen LogP contribution in [0.1, 0.15) is 11.1 Å². The van der Waals surface area contributed by atoms with Gasteiger partial charge in [-0.1, -0.05) is 50.0 Å². The Kier molecular flexibility index (Phi) is 8.29. The molecule has 222 valence electrons. The molecule has 0 atom stereocenters. The van der Waals surface area contributed by atoms with E-state index in [2.05, 4.69) is 63.8 Å². The Balaban J connectivity index is 1.22. The second-order valence-electron chi connectivity index (χ2n) is 12.6. The molecule has 1 N–H and O–H groups in total. The van der Waals surface area contributed by atoms with Crippen LogP contribution in [0.15, 0.2) is 77.1 Å². The Bertz CT molecular complexity index is 1800. The molecule has 0 amide bonds. The maximum absolute atomic E-state index is 11.2. The fraction of sp³-hybridized carbons (Fsp3) is 0.324. The maximum Gasteiger partial charge on any atom is 0.201 e. The molecule has 4 aromatic rings. The Morgan fingerprint density at radius 1 is 0.953 bits per heavy atom. The first-order chi connectivity index (χ1) is 20.7. The minimum Gasteiger partial charge on any atom is -0.494 e. The van der Waals surface area contributed by atoms with Gasteiger partial charge in [0.25, 0.3) is 0 Å². The Morgan fingerprint density at radius 3 is 2.53 bits per heavy atom. The van der Waals surface area contributed by atoms with Crippen LogP contribution in [0.4, 0.5) is 11.5 Å². The van der Waals surface area contributed by atoms with Gasteiger partial charge in [-0.15, -0.1) is 10.2 Å². The van der Waals surface area contributed by atoms with Crippen molar-refractivity contribution in [2.75, 3.05) is 44.7 Å². The molecule has 9 heteroatoms. The van der Waals surface area contributed by atoms with Crippen molar-refractivity contribution in [3.05, 3.63) is 88.4 Å². The molecule has 1 fully saturated rings. The summed E-state index contributed by atoms with van der Waals surface area (Å²) in [7, 11) is 0.973. The van der Waals surface area contributed by atoms with Gasteiger partial charge in [0, 0.05) is 63.2 Å². The molecule has 6 rings (SSSR count). The van der Waals surface area contributed by atoms with Gasteiger partial charge in [-0.3, -0.25) is 4.57 Å². The molecule has 0 saturated carbocycles. The smallest absolute Gasteiger partial charge is 0.201 e. The molecule has 0 unspecified atom stereocenters. The van der Waals surface area contributed by atoms with E-state index in [9.17, 15) is 5.11 Å². The molecule has 0 radical (unpaired) electrons. The number of aromatic hydroxyl groups is 1. The number of fused-ring (bicyclic) bond motifs is 2. The van der Waals surface area contributed by atoms with Gasteiger partial charge in [0.1, 0.15) is 12.5 Å². The van der Waals surface area contributed by atoms with Crippen LogP contribution in [0.5, 0.6) is 5.88 Å². The average molecular weight is 593 g/mol. The van der Waals surface area contributed by atoms with Crippen molar-refractivity contribution in [2.24, 2.45) is 10.2 Å². The summed E-state index contributed by atoms with van der Waals surface area (Å²) in [5.41, 5.74) is 4.38. The molecule has 8 nitrogen and oxygen atoms in total. The highest BCUT2D eigenvalue weighted by atomic mass is 28.3. The van der Waals surface area contributed by atoms with Crippen molar-refractivity contribution in [3.63, 3.8) is 0 Å². The summed E-state index contributed by atoms with van der Waals surface area (Å²) < 4.78 is 7.84. The van der Waals surface area contributed by atoms with Crippen LogP contribution in [0.2, 0.25) is 25.7 Å². The predicted molar refractivity (Wildman–Crippen MR) is 178 cm³/mol. The van der Waals surface area contributed by atoms with Gasteiger partial charge in [-0.05, 0) is 66.4 Å². The number of para-hydroxylation sites is 1. The van der Waals surface area contributed by atoms with E-state index in [1.165, 1.54) is 0 Å². The molecule has 4 heterocycles. The Morgan fingerprint density at radius 2 is 1.77 bits per heavy atom. The van der Waals surface area contributed by atoms with Gasteiger partial charge in [0.2, 0.25) is 5.88 Å². The van der Waals surface area contributed by atoms with Crippen molar-refractivity contribution in [1.29, 1.82) is 0 Å². The summed E-state index contributed by atoms with van der Waals surface area (Å²) in [6.45, 7) is 12.2. The van der Waals surface area contributed by atoms with Gasteiger partial charge >= 0.3 is 0 Å². The van der Waals surface area contributed by atoms with Gasteiger partial charge in [0.05, 0.1) is 16.9 Å². The number of hydrogen-bond acceptors (Lipinski definition) is 7. The van der Waals surface area contributed by atoms with Crippen molar-refractivity contribution in [3.8, 4) is 5.88 Å². The minimum atomic E-state index is -1.19. The summed E-state index contributed by atoms with van der Waals surface area (Å²) in [4.78, 5) is 9.36. The molecule has 43 heavy (non-hydrogen) atoms. The van der Waals surface area contributed by atoms with Crippen molar-refractivity contribution in [1.82, 2.24) is 14.5 Å². The molecule has 2 aromatic heterocycles. The molecular formula is C34H40N6O2Si. The zero-order chi connectivity index (χ0) is 30.0. The number of hydrogen-bond donors (Lipinski definition) is 1. The molecule has 2 aliphatic heterocycles. The standard InChI is InChI=1S/C34H40N6O2Si/c1-38-15-17-39(18-16-38)33-14-11-25(23-35-33)10-13-30-28-12-9-26(22-31(28)37-36-30)21-29-27-7-5-6-8-32(27)40(34(29)41)24-42-19-20-43(2,3)4/h5-14,21-23,41H,15-20,24H2,1-4H3/b13-10+,26-21?. The number of anilines is 1. The van der Waals surface area contributed by atoms with Crippen LogP contribution in [0.25, 0.3) is 28.8 Å². The maximum atomic E-state index is 11.2. The highest BCUT2D eigenvalue weighted by Gasteiger charge is 2.17. The number of nitrogens with zero attached hydrogens (tertiary/aromatic N) is 6. The minimum absolute atomic E-state index is 0.207. The third kappa shape index (κ3) is 6.64. The topological polar surface area (TPSA) is 78.5 Å². The summed E-state index contributed by atoms with van der Waals surface area (Å²) in [6, 6.07) is 19.4. The first kappa shape index (κ1) is 29.0. The van der Waals surface area contributed by atoms with Crippen LogP contribution in [0.3, 0.4) is 0 Å². The Labute approximate surface area is 254 Å². The summed E-state index contributed by atoms with van der Waals surface area (Å²) >= 11 is 0. The predicted octanol–water partition coefficient (Wildman–Crippen LogP) is 5.55. The Hall–Kier alpha value is -4.05. The van der Waals surface area contributed by atoms with Crippen molar-refractivity contribution in [2.45, 2.75) is 32.4 Å². The highest BCUT2D eigenvalue weighted by molar-refractivity contribution is 6.76. The number of pyridine rings is 1. The molecule has 0 spiro atoms.